The van der Waals surface area contributed by atoms with Gasteiger partial charge in [0.15, 0.2) is 0 Å². The lowest BCUT2D eigenvalue weighted by atomic mass is 9.59. The minimum absolute atomic E-state index is 0.628. The highest BCUT2D eigenvalue weighted by molar-refractivity contribution is 5.75. The van der Waals surface area contributed by atoms with E-state index in [9.17, 15) is 10.1 Å². The molecule has 0 spiro atoms. The smallest absolute Gasteiger partial charge is 0.316 e. The Kier molecular flexibility index (Phi) is 3.37. The van der Waals surface area contributed by atoms with Crippen molar-refractivity contribution < 1.29 is 4.79 Å². The van der Waals surface area contributed by atoms with E-state index in [4.69, 9.17) is 5.73 Å². The molecule has 2 amide bonds. The largest absolute Gasteiger partial charge is 0.351 e. The molecular weight excluding hydrogens is 250 g/mol. The Morgan fingerprint density at radius 3 is 2.50 bits per heavy atom. The first-order valence-electron chi connectivity index (χ1n) is 6.37. The van der Waals surface area contributed by atoms with E-state index in [2.05, 4.69) is 11.4 Å². The quantitative estimate of drug-likeness (QED) is 0.863. The van der Waals surface area contributed by atoms with Gasteiger partial charge in [-0.25, -0.2) is 4.79 Å². The van der Waals surface area contributed by atoms with E-state index in [1.165, 1.54) is 0 Å². The van der Waals surface area contributed by atoms with E-state index in [1.54, 1.807) is 12.2 Å². The molecule has 4 nitrogen and oxygen atoms in total. The van der Waals surface area contributed by atoms with Crippen molar-refractivity contribution in [2.24, 2.45) is 11.1 Å². The Bertz CT molecular complexity index is 627. The van der Waals surface area contributed by atoms with Gasteiger partial charge in [-0.1, -0.05) is 42.5 Å². The summed E-state index contributed by atoms with van der Waals surface area (Å²) in [6, 6.07) is 11.4. The summed E-state index contributed by atoms with van der Waals surface area (Å²) < 4.78 is 0. The number of nitrogens with two attached hydrogens (primary N) is 1. The first kappa shape index (κ1) is 13.9. The molecule has 102 valence electrons. The number of benzene rings is 1. The van der Waals surface area contributed by atoms with Crippen LogP contribution in [0.4, 0.5) is 4.79 Å². The van der Waals surface area contributed by atoms with Crippen LogP contribution in [0.5, 0.6) is 0 Å². The molecule has 0 heterocycles. The van der Waals surface area contributed by atoms with Crippen LogP contribution < -0.4 is 11.1 Å². The minimum Gasteiger partial charge on any atom is -0.351 e. The van der Waals surface area contributed by atoms with Crippen molar-refractivity contribution in [3.05, 3.63) is 59.8 Å². The van der Waals surface area contributed by atoms with E-state index >= 15 is 0 Å². The Morgan fingerprint density at radius 1 is 1.30 bits per heavy atom. The summed E-state index contributed by atoms with van der Waals surface area (Å²) in [5, 5.41) is 12.3. The van der Waals surface area contributed by atoms with Crippen molar-refractivity contribution in [3.63, 3.8) is 0 Å². The van der Waals surface area contributed by atoms with Gasteiger partial charge in [0, 0.05) is 5.70 Å². The number of nitrogens with one attached hydrogen (secondary N) is 1. The predicted molar refractivity (Wildman–Crippen MR) is 77.5 cm³/mol. The fraction of sp³-hybridized carbons (Fsp3) is 0.250. The second-order valence-electron chi connectivity index (χ2n) is 5.23. The molecular formula is C16H17N3O. The number of allylic oxidation sites excluding steroid dienone is 4. The highest BCUT2D eigenvalue weighted by atomic mass is 16.2. The molecule has 0 radical (unpaired) electrons. The van der Waals surface area contributed by atoms with Crippen LogP contribution in [0.15, 0.2) is 54.3 Å². The van der Waals surface area contributed by atoms with Crippen LogP contribution in [0, 0.1) is 16.7 Å². The normalized spacial score (nSPS) is 28.4. The lowest BCUT2D eigenvalue weighted by Gasteiger charge is -2.44. The maximum atomic E-state index is 11.2. The zero-order chi connectivity index (χ0) is 14.8. The van der Waals surface area contributed by atoms with Crippen molar-refractivity contribution in [1.29, 1.82) is 5.26 Å². The molecule has 1 aromatic carbocycles. The number of primary amides is 1. The molecule has 0 aromatic heterocycles. The van der Waals surface area contributed by atoms with Gasteiger partial charge in [0.05, 0.1) is 16.9 Å². The molecule has 0 bridgehead atoms. The molecule has 2 atom stereocenters. The van der Waals surface area contributed by atoms with Crippen LogP contribution in [-0.2, 0) is 5.41 Å². The Labute approximate surface area is 118 Å². The van der Waals surface area contributed by atoms with Crippen molar-refractivity contribution in [1.82, 2.24) is 5.32 Å². The van der Waals surface area contributed by atoms with Gasteiger partial charge in [0.1, 0.15) is 0 Å². The van der Waals surface area contributed by atoms with Gasteiger partial charge in [-0.15, -0.1) is 0 Å². The third kappa shape index (κ3) is 1.97. The summed E-state index contributed by atoms with van der Waals surface area (Å²) >= 11 is 0. The number of urea groups is 1. The second-order valence-corrected chi connectivity index (χ2v) is 5.23. The molecule has 4 heteroatoms. The van der Waals surface area contributed by atoms with Gasteiger partial charge >= 0.3 is 6.03 Å². The number of hydrogen-bond acceptors (Lipinski definition) is 2. The lowest BCUT2D eigenvalue weighted by Crippen LogP contribution is -2.48. The summed E-state index contributed by atoms with van der Waals surface area (Å²) in [6.07, 6.45) is 5.42. The number of amides is 2. The zero-order valence-corrected chi connectivity index (χ0v) is 11.6. The van der Waals surface area contributed by atoms with Crippen LogP contribution in [0.25, 0.3) is 0 Å². The number of nitriles is 1. The van der Waals surface area contributed by atoms with E-state index in [0.717, 1.165) is 5.56 Å². The summed E-state index contributed by atoms with van der Waals surface area (Å²) in [5.74, 6) is 0. The predicted octanol–water partition coefficient (Wildman–Crippen LogP) is 2.60. The average Bonchev–Trinajstić information content (AvgIpc) is 2.44. The van der Waals surface area contributed by atoms with Gasteiger partial charge < -0.3 is 11.1 Å². The monoisotopic (exact) mass is 267 g/mol. The summed E-state index contributed by atoms with van der Waals surface area (Å²) in [5.41, 5.74) is 5.38. The summed E-state index contributed by atoms with van der Waals surface area (Å²) in [7, 11) is 0. The van der Waals surface area contributed by atoms with Crippen molar-refractivity contribution >= 4 is 6.03 Å². The van der Waals surface area contributed by atoms with Crippen LogP contribution in [-0.4, -0.2) is 6.03 Å². The third-order valence-corrected chi connectivity index (χ3v) is 4.11. The second kappa shape index (κ2) is 4.86. The Balaban J connectivity index is 2.64. The van der Waals surface area contributed by atoms with Crippen molar-refractivity contribution in [3.8, 4) is 6.07 Å². The Hall–Kier alpha value is -2.54. The van der Waals surface area contributed by atoms with Crippen LogP contribution >= 0.6 is 0 Å². The molecule has 20 heavy (non-hydrogen) atoms. The number of rotatable bonds is 2. The lowest BCUT2D eigenvalue weighted by molar-refractivity contribution is 0.246. The fourth-order valence-corrected chi connectivity index (χ4v) is 2.63. The molecule has 1 aliphatic rings. The van der Waals surface area contributed by atoms with Crippen LogP contribution in [0.3, 0.4) is 0 Å². The van der Waals surface area contributed by atoms with E-state index < -0.39 is 16.9 Å². The fourth-order valence-electron chi connectivity index (χ4n) is 2.63. The number of nitrogens with zero attached hydrogens (tertiary/aromatic N) is 1. The number of carbonyl (C=O) groups excluding carboxylic acids is 1. The van der Waals surface area contributed by atoms with E-state index in [1.807, 2.05) is 50.3 Å². The highest BCUT2D eigenvalue weighted by Gasteiger charge is 2.49. The number of hydrogen-bond donors (Lipinski definition) is 2. The van der Waals surface area contributed by atoms with Crippen molar-refractivity contribution in [2.75, 3.05) is 0 Å². The molecule has 0 saturated carbocycles. The number of carbonyl (C=O) groups is 1. The molecule has 2 unspecified atom stereocenters. The van der Waals surface area contributed by atoms with Gasteiger partial charge in [-0.05, 0) is 25.5 Å². The van der Waals surface area contributed by atoms with Gasteiger partial charge in [0.2, 0.25) is 0 Å². The maximum Gasteiger partial charge on any atom is 0.316 e. The molecule has 0 fully saturated rings. The molecule has 2 rings (SSSR count). The molecule has 1 aliphatic carbocycles. The maximum absolute atomic E-state index is 11.2. The molecule has 0 aliphatic heterocycles. The Morgan fingerprint density at radius 2 is 1.95 bits per heavy atom. The molecule has 3 N–H and O–H groups in total. The highest BCUT2D eigenvalue weighted by Crippen LogP contribution is 2.48. The topological polar surface area (TPSA) is 78.9 Å². The SMILES string of the molecule is CC1(C#N)C=CC=C(NC(N)=O)C1(C)c1ccccc1. The average molecular weight is 267 g/mol. The molecule has 1 aromatic rings. The molecule has 0 saturated heterocycles. The standard InChI is InChI=1S/C16H17N3O/c1-15(11-17)10-6-9-13(19-14(18)20)16(15,2)12-7-4-3-5-8-12/h3-10H,1-2H3,(H3,18,19,20). The first-order valence-corrected chi connectivity index (χ1v) is 6.37. The van der Waals surface area contributed by atoms with Gasteiger partial charge in [-0.2, -0.15) is 5.26 Å². The van der Waals surface area contributed by atoms with E-state index in [0.29, 0.717) is 5.70 Å². The summed E-state index contributed by atoms with van der Waals surface area (Å²) in [6.45, 7) is 3.79. The zero-order valence-electron chi connectivity index (χ0n) is 11.6. The summed E-state index contributed by atoms with van der Waals surface area (Å²) in [4.78, 5) is 11.2. The van der Waals surface area contributed by atoms with Crippen LogP contribution in [0.2, 0.25) is 0 Å². The van der Waals surface area contributed by atoms with Crippen molar-refractivity contribution in [2.45, 2.75) is 19.3 Å². The van der Waals surface area contributed by atoms with E-state index in [-0.39, 0.29) is 0 Å². The third-order valence-electron chi connectivity index (χ3n) is 4.11. The van der Waals surface area contributed by atoms with Crippen LogP contribution in [0.1, 0.15) is 19.4 Å². The van der Waals surface area contributed by atoms with Gasteiger partial charge in [-0.3, -0.25) is 0 Å². The first-order chi connectivity index (χ1) is 9.44. The minimum atomic E-state index is -0.777. The van der Waals surface area contributed by atoms with Gasteiger partial charge in [0.25, 0.3) is 0 Å².